The van der Waals surface area contributed by atoms with Gasteiger partial charge in [-0.05, 0) is 0 Å². The molecule has 0 aliphatic carbocycles. The van der Waals surface area contributed by atoms with Crippen LogP contribution in [0.25, 0.3) is 0 Å². The Kier molecular flexibility index (Phi) is 11.5. The van der Waals surface area contributed by atoms with Gasteiger partial charge in [0, 0.05) is 13.8 Å². The summed E-state index contributed by atoms with van der Waals surface area (Å²) in [5.41, 5.74) is 0. The molecule has 3 aliphatic rings. The summed E-state index contributed by atoms with van der Waals surface area (Å²) in [6.45, 7) is -0.140. The molecule has 0 aromatic heterocycles. The fraction of sp³-hybridized carbons (Fsp3) is 0.909. The summed E-state index contributed by atoms with van der Waals surface area (Å²) in [5, 5.41) is 96.5. The third-order valence-electron chi connectivity index (χ3n) is 6.90. The zero-order valence-electron chi connectivity index (χ0n) is 21.7. The standard InChI is InChI=1S/C22H38N2O16/c1-6(28)23-11-18(14(31)9(4-26)36-20(11)35)39-21-12(24-7(2)29)19(15(32)10(5-27)37-21)40-22-17(34)16(33)13(30)8(3-25)38-22/h8-22,25-27,30-35H,3-5H2,1-2H3,(H,23,28)(H,24,29)/t8-,9-,10-,11-,12-,13-,14+,15+,16+,17-,18-,19-,20-,21-,22-/m1/s1. The summed E-state index contributed by atoms with van der Waals surface area (Å²) in [7, 11) is 0. The minimum atomic E-state index is -1.89. The van der Waals surface area contributed by atoms with Crippen molar-refractivity contribution in [1.82, 2.24) is 10.6 Å². The average molecular weight is 587 g/mol. The van der Waals surface area contributed by atoms with Crippen LogP contribution in [0.2, 0.25) is 0 Å². The topological polar surface area (TPSA) is 286 Å². The Balaban J connectivity index is 1.95. The Bertz CT molecular complexity index is 852. The van der Waals surface area contributed by atoms with Crippen LogP contribution >= 0.6 is 0 Å². The molecule has 18 nitrogen and oxygen atoms in total. The van der Waals surface area contributed by atoms with Crippen molar-refractivity contribution in [3.8, 4) is 0 Å². The van der Waals surface area contributed by atoms with E-state index in [-0.39, 0.29) is 0 Å². The second-order valence-corrected chi connectivity index (χ2v) is 9.81. The predicted octanol–water partition coefficient (Wildman–Crippen LogP) is -7.29. The van der Waals surface area contributed by atoms with Gasteiger partial charge in [0.25, 0.3) is 0 Å². The first kappa shape index (κ1) is 32.9. The number of aliphatic hydroxyl groups excluding tert-OH is 9. The Hall–Kier alpha value is -1.62. The van der Waals surface area contributed by atoms with Crippen LogP contribution in [0, 0.1) is 0 Å². The lowest BCUT2D eigenvalue weighted by molar-refractivity contribution is -0.356. The van der Waals surface area contributed by atoms with Gasteiger partial charge in [0.1, 0.15) is 73.1 Å². The van der Waals surface area contributed by atoms with Crippen molar-refractivity contribution in [2.45, 2.75) is 106 Å². The van der Waals surface area contributed by atoms with Crippen molar-refractivity contribution in [1.29, 1.82) is 0 Å². The van der Waals surface area contributed by atoms with Gasteiger partial charge in [-0.1, -0.05) is 0 Å². The maximum absolute atomic E-state index is 12.1. The minimum absolute atomic E-state index is 0.647. The number of hydrogen-bond acceptors (Lipinski definition) is 16. The monoisotopic (exact) mass is 586 g/mol. The number of ether oxygens (including phenoxy) is 5. The van der Waals surface area contributed by atoms with E-state index in [2.05, 4.69) is 10.6 Å². The zero-order chi connectivity index (χ0) is 29.9. The molecule has 0 aromatic rings. The lowest BCUT2D eigenvalue weighted by Gasteiger charge is -2.49. The molecule has 3 aliphatic heterocycles. The van der Waals surface area contributed by atoms with Gasteiger partial charge in [-0.2, -0.15) is 0 Å². The number of carbonyl (C=O) groups is 2. The smallest absolute Gasteiger partial charge is 0.217 e. The van der Waals surface area contributed by atoms with Crippen LogP contribution in [0.4, 0.5) is 0 Å². The van der Waals surface area contributed by atoms with Gasteiger partial charge in [0.2, 0.25) is 11.8 Å². The fourth-order valence-electron chi connectivity index (χ4n) is 4.86. The Morgan fingerprint density at radius 3 is 1.55 bits per heavy atom. The maximum atomic E-state index is 12.1. The predicted molar refractivity (Wildman–Crippen MR) is 124 cm³/mol. The first-order chi connectivity index (χ1) is 18.8. The third kappa shape index (κ3) is 7.05. The molecular weight excluding hydrogens is 548 g/mol. The van der Waals surface area contributed by atoms with Crippen molar-refractivity contribution in [3.63, 3.8) is 0 Å². The molecule has 2 amide bonds. The van der Waals surface area contributed by atoms with E-state index in [1.807, 2.05) is 0 Å². The molecule has 15 atom stereocenters. The van der Waals surface area contributed by atoms with Crippen molar-refractivity contribution in [2.24, 2.45) is 0 Å². The summed E-state index contributed by atoms with van der Waals surface area (Å²) < 4.78 is 27.7. The third-order valence-corrected chi connectivity index (χ3v) is 6.90. The number of hydrogen-bond donors (Lipinski definition) is 11. The number of nitrogens with one attached hydrogen (secondary N) is 2. The van der Waals surface area contributed by atoms with Crippen LogP contribution in [-0.4, -0.2) is 170 Å². The highest BCUT2D eigenvalue weighted by molar-refractivity contribution is 5.73. The molecule has 0 saturated carbocycles. The van der Waals surface area contributed by atoms with Crippen molar-refractivity contribution in [2.75, 3.05) is 19.8 Å². The van der Waals surface area contributed by atoms with E-state index < -0.39 is 124 Å². The van der Waals surface area contributed by atoms with Gasteiger partial charge in [-0.3, -0.25) is 9.59 Å². The highest BCUT2D eigenvalue weighted by atomic mass is 16.7. The highest BCUT2D eigenvalue weighted by Crippen LogP contribution is 2.32. The van der Waals surface area contributed by atoms with Crippen LogP contribution in [0.5, 0.6) is 0 Å². The molecule has 3 rings (SSSR count). The SMILES string of the molecule is CC(=O)N[C@@H]1[C@@H](O[C@H]2O[C@H](CO)[C@H](O)[C@H](O[C@H]3O[C@H](CO)[C@@H](O)[C@H](O)[C@H]3O)[C@H]2NC(C)=O)[C@@H](O)[C@@H](CO)O[C@H]1O. The second-order valence-electron chi connectivity index (χ2n) is 9.81. The molecule has 232 valence electrons. The Morgan fingerprint density at radius 1 is 0.600 bits per heavy atom. The summed E-state index contributed by atoms with van der Waals surface area (Å²) >= 11 is 0. The molecule has 3 saturated heterocycles. The Labute approximate surface area is 228 Å². The first-order valence-electron chi connectivity index (χ1n) is 12.6. The molecule has 0 aromatic carbocycles. The van der Waals surface area contributed by atoms with E-state index in [0.717, 1.165) is 13.8 Å². The molecular formula is C22H38N2O16. The Morgan fingerprint density at radius 2 is 1.02 bits per heavy atom. The molecule has 3 heterocycles. The summed E-state index contributed by atoms with van der Waals surface area (Å²) in [5.74, 6) is -1.34. The summed E-state index contributed by atoms with van der Waals surface area (Å²) in [4.78, 5) is 23.9. The first-order valence-corrected chi connectivity index (χ1v) is 12.6. The maximum Gasteiger partial charge on any atom is 0.217 e. The second kappa shape index (κ2) is 14.0. The summed E-state index contributed by atoms with van der Waals surface area (Å²) in [6.07, 6.45) is -21.4. The summed E-state index contributed by atoms with van der Waals surface area (Å²) in [6, 6.07) is -2.90. The average Bonchev–Trinajstić information content (AvgIpc) is 2.90. The van der Waals surface area contributed by atoms with Gasteiger partial charge in [0.15, 0.2) is 18.9 Å². The van der Waals surface area contributed by atoms with E-state index in [4.69, 9.17) is 23.7 Å². The van der Waals surface area contributed by atoms with E-state index in [1.165, 1.54) is 0 Å². The van der Waals surface area contributed by atoms with Crippen molar-refractivity contribution < 1.29 is 79.2 Å². The van der Waals surface area contributed by atoms with Crippen LogP contribution in [0.3, 0.4) is 0 Å². The zero-order valence-corrected chi connectivity index (χ0v) is 21.7. The molecule has 0 unspecified atom stereocenters. The van der Waals surface area contributed by atoms with Gasteiger partial charge < -0.3 is 80.3 Å². The number of carbonyl (C=O) groups excluding carboxylic acids is 2. The van der Waals surface area contributed by atoms with Gasteiger partial charge in [0.05, 0.1) is 19.8 Å². The fourth-order valence-corrected chi connectivity index (χ4v) is 4.86. The quantitative estimate of drug-likeness (QED) is 0.120. The number of rotatable bonds is 9. The van der Waals surface area contributed by atoms with Crippen molar-refractivity contribution >= 4 is 11.8 Å². The van der Waals surface area contributed by atoms with E-state index >= 15 is 0 Å². The van der Waals surface area contributed by atoms with Gasteiger partial charge in [-0.15, -0.1) is 0 Å². The lowest BCUT2D eigenvalue weighted by Crippen LogP contribution is -2.70. The van der Waals surface area contributed by atoms with Gasteiger partial charge in [-0.25, -0.2) is 0 Å². The molecule has 0 bridgehead atoms. The largest absolute Gasteiger partial charge is 0.394 e. The molecule has 0 spiro atoms. The number of aliphatic hydroxyl groups is 9. The van der Waals surface area contributed by atoms with Crippen LogP contribution in [-0.2, 0) is 33.3 Å². The van der Waals surface area contributed by atoms with Crippen LogP contribution in [0.15, 0.2) is 0 Å². The lowest BCUT2D eigenvalue weighted by atomic mass is 9.94. The number of amides is 2. The van der Waals surface area contributed by atoms with Crippen LogP contribution in [0.1, 0.15) is 13.8 Å². The molecule has 11 N–H and O–H groups in total. The molecule has 0 radical (unpaired) electrons. The normalized spacial score (nSPS) is 46.0. The van der Waals surface area contributed by atoms with E-state index in [9.17, 15) is 55.5 Å². The highest BCUT2D eigenvalue weighted by Gasteiger charge is 2.54. The van der Waals surface area contributed by atoms with Crippen molar-refractivity contribution in [3.05, 3.63) is 0 Å². The molecule has 18 heteroatoms. The van der Waals surface area contributed by atoms with Gasteiger partial charge >= 0.3 is 0 Å². The van der Waals surface area contributed by atoms with Crippen LogP contribution < -0.4 is 10.6 Å². The van der Waals surface area contributed by atoms with E-state index in [1.54, 1.807) is 0 Å². The van der Waals surface area contributed by atoms with E-state index in [0.29, 0.717) is 0 Å². The molecule has 40 heavy (non-hydrogen) atoms. The minimum Gasteiger partial charge on any atom is -0.394 e. The molecule has 3 fully saturated rings.